The van der Waals surface area contributed by atoms with Gasteiger partial charge in [-0.1, -0.05) is 32.8 Å². The summed E-state index contributed by atoms with van der Waals surface area (Å²) in [5.74, 6) is 1.01. The summed E-state index contributed by atoms with van der Waals surface area (Å²) >= 11 is 0. The lowest BCUT2D eigenvalue weighted by Gasteiger charge is -2.17. The predicted molar refractivity (Wildman–Crippen MR) is 66.2 cm³/mol. The Hall–Kier alpha value is -1.05. The van der Waals surface area contributed by atoms with Crippen LogP contribution in [0.15, 0.2) is 18.3 Å². The zero-order valence-electron chi connectivity index (χ0n) is 10.1. The van der Waals surface area contributed by atoms with E-state index in [1.54, 1.807) is 0 Å². The van der Waals surface area contributed by atoms with Gasteiger partial charge >= 0.3 is 0 Å². The molecule has 1 rings (SSSR count). The van der Waals surface area contributed by atoms with Gasteiger partial charge in [-0.25, -0.2) is 4.98 Å². The van der Waals surface area contributed by atoms with Crippen LogP contribution >= 0.6 is 0 Å². The van der Waals surface area contributed by atoms with Gasteiger partial charge in [-0.2, -0.15) is 0 Å². The molecule has 84 valence electrons. The molecule has 0 aliphatic rings. The second-order valence-electron chi connectivity index (χ2n) is 4.14. The number of aromatic nitrogens is 1. The van der Waals surface area contributed by atoms with Crippen LogP contribution < -0.4 is 5.32 Å². The second kappa shape index (κ2) is 6.44. The molecule has 0 aliphatic carbocycles. The van der Waals surface area contributed by atoms with Crippen LogP contribution in [-0.2, 0) is 0 Å². The summed E-state index contributed by atoms with van der Waals surface area (Å²) in [7, 11) is 0. The Bertz CT molecular complexity index is 260. The average Bonchev–Trinajstić information content (AvgIpc) is 2.22. The fourth-order valence-electron chi connectivity index (χ4n) is 1.75. The Labute approximate surface area is 93.1 Å². The number of anilines is 1. The van der Waals surface area contributed by atoms with E-state index in [2.05, 4.69) is 43.2 Å². The minimum atomic E-state index is 0.579. The van der Waals surface area contributed by atoms with Gasteiger partial charge in [0.25, 0.3) is 0 Å². The van der Waals surface area contributed by atoms with Crippen molar-refractivity contribution in [3.05, 3.63) is 23.9 Å². The van der Waals surface area contributed by atoms with E-state index in [4.69, 9.17) is 0 Å². The molecule has 0 saturated carbocycles. The molecule has 1 N–H and O–H groups in total. The van der Waals surface area contributed by atoms with Gasteiger partial charge in [-0.3, -0.25) is 0 Å². The summed E-state index contributed by atoms with van der Waals surface area (Å²) in [6, 6.07) is 4.74. The molecular formula is C13H22N2. The van der Waals surface area contributed by atoms with E-state index >= 15 is 0 Å². The molecule has 0 aliphatic heterocycles. The molecule has 1 aromatic heterocycles. The maximum Gasteiger partial charge on any atom is 0.126 e. The smallest absolute Gasteiger partial charge is 0.126 e. The van der Waals surface area contributed by atoms with Gasteiger partial charge in [0.2, 0.25) is 0 Å². The molecule has 0 fully saturated rings. The molecule has 1 heterocycles. The topological polar surface area (TPSA) is 24.9 Å². The minimum absolute atomic E-state index is 0.579. The quantitative estimate of drug-likeness (QED) is 0.766. The molecular weight excluding hydrogens is 184 g/mol. The van der Waals surface area contributed by atoms with Crippen LogP contribution in [0.2, 0.25) is 0 Å². The number of hydrogen-bond acceptors (Lipinski definition) is 2. The van der Waals surface area contributed by atoms with Crippen LogP contribution in [-0.4, -0.2) is 11.0 Å². The molecule has 2 nitrogen and oxygen atoms in total. The van der Waals surface area contributed by atoms with Crippen molar-refractivity contribution >= 4 is 5.82 Å². The van der Waals surface area contributed by atoms with Crippen LogP contribution in [0.5, 0.6) is 0 Å². The van der Waals surface area contributed by atoms with Crippen molar-refractivity contribution in [2.24, 2.45) is 0 Å². The number of nitrogens with one attached hydrogen (secondary N) is 1. The van der Waals surface area contributed by atoms with Crippen molar-refractivity contribution in [3.8, 4) is 0 Å². The number of hydrogen-bond donors (Lipinski definition) is 1. The van der Waals surface area contributed by atoms with Gasteiger partial charge in [0.1, 0.15) is 5.82 Å². The van der Waals surface area contributed by atoms with Gasteiger partial charge < -0.3 is 5.32 Å². The van der Waals surface area contributed by atoms with Crippen molar-refractivity contribution in [1.82, 2.24) is 4.98 Å². The lowest BCUT2D eigenvalue weighted by Crippen LogP contribution is -2.19. The van der Waals surface area contributed by atoms with Crippen molar-refractivity contribution in [3.63, 3.8) is 0 Å². The maximum atomic E-state index is 4.37. The van der Waals surface area contributed by atoms with E-state index < -0.39 is 0 Å². The number of pyridine rings is 1. The zero-order chi connectivity index (χ0) is 11.1. The minimum Gasteiger partial charge on any atom is -0.367 e. The molecule has 0 bridgehead atoms. The summed E-state index contributed by atoms with van der Waals surface area (Å²) in [6.45, 7) is 6.52. The van der Waals surface area contributed by atoms with Crippen LogP contribution in [0.4, 0.5) is 5.82 Å². The summed E-state index contributed by atoms with van der Waals surface area (Å²) < 4.78 is 0. The number of rotatable bonds is 6. The third-order valence-electron chi connectivity index (χ3n) is 2.54. The summed E-state index contributed by atoms with van der Waals surface area (Å²) in [5, 5.41) is 3.50. The molecule has 0 radical (unpaired) electrons. The summed E-state index contributed by atoms with van der Waals surface area (Å²) in [5.41, 5.74) is 1.21. The van der Waals surface area contributed by atoms with Gasteiger partial charge in [0.15, 0.2) is 0 Å². The van der Waals surface area contributed by atoms with E-state index in [0.29, 0.717) is 6.04 Å². The number of aryl methyl sites for hydroxylation is 1. The normalized spacial score (nSPS) is 10.7. The molecule has 2 heteroatoms. The highest BCUT2D eigenvalue weighted by atomic mass is 15.0. The molecule has 0 saturated heterocycles. The average molecular weight is 206 g/mol. The first-order valence-electron chi connectivity index (χ1n) is 5.95. The highest BCUT2D eigenvalue weighted by Crippen LogP contribution is 2.12. The van der Waals surface area contributed by atoms with Gasteiger partial charge in [-0.05, 0) is 31.4 Å². The van der Waals surface area contributed by atoms with E-state index in [1.165, 1.54) is 31.2 Å². The van der Waals surface area contributed by atoms with Crippen LogP contribution in [0.1, 0.15) is 45.1 Å². The van der Waals surface area contributed by atoms with Gasteiger partial charge in [-0.15, -0.1) is 0 Å². The molecule has 0 aromatic carbocycles. The van der Waals surface area contributed by atoms with E-state index in [0.717, 1.165) is 5.82 Å². The fraction of sp³-hybridized carbons (Fsp3) is 0.615. The molecule has 0 spiro atoms. The first-order valence-corrected chi connectivity index (χ1v) is 5.95. The van der Waals surface area contributed by atoms with E-state index in [9.17, 15) is 0 Å². The van der Waals surface area contributed by atoms with E-state index in [1.807, 2.05) is 6.20 Å². The molecule has 0 unspecified atom stereocenters. The highest BCUT2D eigenvalue weighted by molar-refractivity contribution is 5.36. The van der Waals surface area contributed by atoms with Crippen molar-refractivity contribution in [1.29, 1.82) is 0 Å². The van der Waals surface area contributed by atoms with Gasteiger partial charge in [0, 0.05) is 12.2 Å². The lowest BCUT2D eigenvalue weighted by atomic mass is 10.1. The maximum absolute atomic E-state index is 4.37. The van der Waals surface area contributed by atoms with E-state index in [-0.39, 0.29) is 0 Å². The van der Waals surface area contributed by atoms with Crippen molar-refractivity contribution in [2.45, 2.75) is 52.5 Å². The summed E-state index contributed by atoms with van der Waals surface area (Å²) in [4.78, 5) is 4.37. The van der Waals surface area contributed by atoms with Crippen molar-refractivity contribution < 1.29 is 0 Å². The van der Waals surface area contributed by atoms with Crippen LogP contribution in [0.3, 0.4) is 0 Å². The number of nitrogens with zero attached hydrogens (tertiary/aromatic N) is 1. The first-order chi connectivity index (χ1) is 7.26. The predicted octanol–water partition coefficient (Wildman–Crippen LogP) is 3.77. The van der Waals surface area contributed by atoms with Crippen LogP contribution in [0, 0.1) is 6.92 Å². The Morgan fingerprint density at radius 2 is 1.87 bits per heavy atom. The zero-order valence-corrected chi connectivity index (χ0v) is 10.1. The highest BCUT2D eigenvalue weighted by Gasteiger charge is 2.06. The Morgan fingerprint density at radius 1 is 1.20 bits per heavy atom. The van der Waals surface area contributed by atoms with Gasteiger partial charge in [0.05, 0.1) is 0 Å². The standard InChI is InChI=1S/C13H22N2/c1-4-6-12(7-5-2)15-13-9-8-11(3)10-14-13/h8-10,12H,4-7H2,1-3H3,(H,14,15). The largest absolute Gasteiger partial charge is 0.367 e. The lowest BCUT2D eigenvalue weighted by molar-refractivity contribution is 0.584. The Morgan fingerprint density at radius 3 is 2.33 bits per heavy atom. The Kier molecular flexibility index (Phi) is 5.16. The molecule has 1 aromatic rings. The third-order valence-corrected chi connectivity index (χ3v) is 2.54. The molecule has 0 atom stereocenters. The third kappa shape index (κ3) is 4.32. The second-order valence-corrected chi connectivity index (χ2v) is 4.14. The summed E-state index contributed by atoms with van der Waals surface area (Å²) in [6.07, 6.45) is 6.82. The fourth-order valence-corrected chi connectivity index (χ4v) is 1.75. The molecule has 15 heavy (non-hydrogen) atoms. The molecule has 0 amide bonds. The Balaban J connectivity index is 2.53. The van der Waals surface area contributed by atoms with Crippen LogP contribution in [0.25, 0.3) is 0 Å². The first kappa shape index (κ1) is 12.0. The van der Waals surface area contributed by atoms with Crippen molar-refractivity contribution in [2.75, 3.05) is 5.32 Å². The SMILES string of the molecule is CCCC(CCC)Nc1ccc(C)cn1. The monoisotopic (exact) mass is 206 g/mol.